The van der Waals surface area contributed by atoms with Crippen LogP contribution in [0, 0.1) is 5.92 Å². The van der Waals surface area contributed by atoms with Crippen molar-refractivity contribution in [2.24, 2.45) is 5.92 Å². The lowest BCUT2D eigenvalue weighted by molar-refractivity contribution is 0.0743. The van der Waals surface area contributed by atoms with Crippen molar-refractivity contribution in [1.29, 1.82) is 0 Å². The van der Waals surface area contributed by atoms with Gasteiger partial charge in [0.05, 0.1) is 28.2 Å². The average molecular weight is 271 g/mol. The van der Waals surface area contributed by atoms with Crippen LogP contribution in [-0.2, 0) is 4.74 Å². The summed E-state index contributed by atoms with van der Waals surface area (Å²) in [4.78, 5) is 12.3. The van der Waals surface area contributed by atoms with E-state index in [0.717, 1.165) is 19.3 Å². The Balaban J connectivity index is 1.84. The summed E-state index contributed by atoms with van der Waals surface area (Å²) in [5.74, 6) is 0.141. The Bertz CT molecular complexity index is 472. The molecule has 1 aromatic carbocycles. The maximum Gasteiger partial charge on any atom is 0.168 e. The molecule has 0 amide bonds. The number of halogens is 2. The third-order valence-corrected chi connectivity index (χ3v) is 4.39. The predicted molar refractivity (Wildman–Crippen MR) is 66.8 cm³/mol. The van der Waals surface area contributed by atoms with Gasteiger partial charge in [0.1, 0.15) is 0 Å². The van der Waals surface area contributed by atoms with Gasteiger partial charge in [0, 0.05) is 5.56 Å². The van der Waals surface area contributed by atoms with Crippen molar-refractivity contribution in [3.8, 4) is 0 Å². The van der Waals surface area contributed by atoms with E-state index < -0.39 is 0 Å². The number of rotatable bonds is 2. The number of benzene rings is 1. The number of ether oxygens (including phenoxy) is 1. The molecular weight excluding hydrogens is 259 g/mol. The Hall–Kier alpha value is -0.570. The SMILES string of the molecule is O=C(c1ccc(Cl)c(Cl)c1)C1CC2CCC1O2. The van der Waals surface area contributed by atoms with Crippen LogP contribution in [0.2, 0.25) is 10.0 Å². The molecule has 0 saturated carbocycles. The molecule has 2 bridgehead atoms. The highest BCUT2D eigenvalue weighted by Crippen LogP contribution is 2.40. The van der Waals surface area contributed by atoms with Crippen LogP contribution in [0.25, 0.3) is 0 Å². The molecule has 0 N–H and O–H groups in total. The summed E-state index contributed by atoms with van der Waals surface area (Å²) in [5.41, 5.74) is 0.639. The molecule has 2 saturated heterocycles. The molecule has 3 rings (SSSR count). The van der Waals surface area contributed by atoms with Crippen LogP contribution in [0.3, 0.4) is 0 Å². The van der Waals surface area contributed by atoms with E-state index in [9.17, 15) is 4.79 Å². The summed E-state index contributed by atoms with van der Waals surface area (Å²) in [6.07, 6.45) is 3.35. The standard InChI is InChI=1S/C13H12Cl2O2/c14-10-3-1-7(5-11(10)15)13(16)9-6-8-2-4-12(9)17-8/h1,3,5,8-9,12H,2,4,6H2. The average Bonchev–Trinajstić information content (AvgIpc) is 2.93. The second-order valence-corrected chi connectivity index (χ2v) is 5.52. The van der Waals surface area contributed by atoms with Crippen LogP contribution in [0.15, 0.2) is 18.2 Å². The zero-order chi connectivity index (χ0) is 12.0. The minimum absolute atomic E-state index is 0.00555. The van der Waals surface area contributed by atoms with Crippen molar-refractivity contribution < 1.29 is 9.53 Å². The fraction of sp³-hybridized carbons (Fsp3) is 0.462. The monoisotopic (exact) mass is 270 g/mol. The van der Waals surface area contributed by atoms with Gasteiger partial charge in [-0.05, 0) is 37.5 Å². The number of ketones is 1. The first-order chi connectivity index (χ1) is 8.15. The lowest BCUT2D eigenvalue weighted by Gasteiger charge is -2.17. The third-order valence-electron chi connectivity index (χ3n) is 3.65. The van der Waals surface area contributed by atoms with Gasteiger partial charge >= 0.3 is 0 Å². The molecule has 0 aromatic heterocycles. The Labute approximate surface area is 110 Å². The molecule has 0 spiro atoms. The van der Waals surface area contributed by atoms with Crippen molar-refractivity contribution in [2.45, 2.75) is 31.5 Å². The molecule has 2 heterocycles. The van der Waals surface area contributed by atoms with Gasteiger partial charge in [-0.3, -0.25) is 4.79 Å². The fourth-order valence-corrected chi connectivity index (χ4v) is 3.08. The number of hydrogen-bond acceptors (Lipinski definition) is 2. The van der Waals surface area contributed by atoms with Crippen LogP contribution in [0.5, 0.6) is 0 Å². The van der Waals surface area contributed by atoms with Gasteiger partial charge < -0.3 is 4.74 Å². The molecule has 2 aliphatic heterocycles. The highest BCUT2D eigenvalue weighted by atomic mass is 35.5. The predicted octanol–water partition coefficient (Wildman–Crippen LogP) is 3.74. The van der Waals surface area contributed by atoms with Gasteiger partial charge in [0.25, 0.3) is 0 Å². The highest BCUT2D eigenvalue weighted by molar-refractivity contribution is 6.42. The largest absolute Gasteiger partial charge is 0.374 e. The van der Waals surface area contributed by atoms with Gasteiger partial charge in [-0.15, -0.1) is 0 Å². The normalized spacial score (nSPS) is 30.8. The molecule has 2 aliphatic rings. The topological polar surface area (TPSA) is 26.3 Å². The number of Topliss-reactive ketones (excluding diaryl/α,β-unsaturated/α-hetero) is 1. The zero-order valence-corrected chi connectivity index (χ0v) is 10.7. The van der Waals surface area contributed by atoms with Crippen molar-refractivity contribution in [3.05, 3.63) is 33.8 Å². The van der Waals surface area contributed by atoms with E-state index in [1.165, 1.54) is 0 Å². The van der Waals surface area contributed by atoms with E-state index in [1.807, 2.05) is 0 Å². The van der Waals surface area contributed by atoms with E-state index in [2.05, 4.69) is 0 Å². The van der Waals surface area contributed by atoms with Gasteiger partial charge in [-0.2, -0.15) is 0 Å². The summed E-state index contributed by atoms with van der Waals surface area (Å²) in [5, 5.41) is 0.911. The minimum atomic E-state index is 0.00555. The Morgan fingerprint density at radius 3 is 2.65 bits per heavy atom. The quantitative estimate of drug-likeness (QED) is 0.766. The number of hydrogen-bond donors (Lipinski definition) is 0. The van der Waals surface area contributed by atoms with E-state index in [0.29, 0.717) is 15.6 Å². The molecule has 4 heteroatoms. The van der Waals surface area contributed by atoms with Crippen LogP contribution < -0.4 is 0 Å². The fourth-order valence-electron chi connectivity index (χ4n) is 2.78. The molecule has 17 heavy (non-hydrogen) atoms. The van der Waals surface area contributed by atoms with E-state index >= 15 is 0 Å². The van der Waals surface area contributed by atoms with Crippen molar-refractivity contribution in [3.63, 3.8) is 0 Å². The van der Waals surface area contributed by atoms with Gasteiger partial charge in [-0.1, -0.05) is 23.2 Å². The van der Waals surface area contributed by atoms with Gasteiger partial charge in [-0.25, -0.2) is 0 Å². The summed E-state index contributed by atoms with van der Waals surface area (Å²) in [6.45, 7) is 0. The zero-order valence-electron chi connectivity index (χ0n) is 9.16. The van der Waals surface area contributed by atoms with Crippen molar-refractivity contribution in [1.82, 2.24) is 0 Å². The van der Waals surface area contributed by atoms with Crippen molar-refractivity contribution in [2.75, 3.05) is 0 Å². The highest BCUT2D eigenvalue weighted by Gasteiger charge is 2.44. The minimum Gasteiger partial charge on any atom is -0.374 e. The molecule has 0 radical (unpaired) electrons. The van der Waals surface area contributed by atoms with E-state index in [4.69, 9.17) is 27.9 Å². The lowest BCUT2D eigenvalue weighted by Crippen LogP contribution is -2.25. The Morgan fingerprint density at radius 1 is 1.24 bits per heavy atom. The molecular formula is C13H12Cl2O2. The third kappa shape index (κ3) is 1.99. The van der Waals surface area contributed by atoms with Crippen LogP contribution in [0.4, 0.5) is 0 Å². The molecule has 2 nitrogen and oxygen atoms in total. The Morgan fingerprint density at radius 2 is 2.06 bits per heavy atom. The maximum absolute atomic E-state index is 12.3. The van der Waals surface area contributed by atoms with Crippen LogP contribution in [-0.4, -0.2) is 18.0 Å². The Kier molecular flexibility index (Phi) is 2.89. The molecule has 1 aromatic rings. The van der Waals surface area contributed by atoms with Crippen LogP contribution in [0.1, 0.15) is 29.6 Å². The van der Waals surface area contributed by atoms with Gasteiger partial charge in [0.2, 0.25) is 0 Å². The molecule has 0 aliphatic carbocycles. The first kappa shape index (κ1) is 11.5. The van der Waals surface area contributed by atoms with Gasteiger partial charge in [0.15, 0.2) is 5.78 Å². The number of carbonyl (C=O) groups is 1. The number of carbonyl (C=O) groups excluding carboxylic acids is 1. The summed E-state index contributed by atoms with van der Waals surface area (Å²) >= 11 is 11.8. The lowest BCUT2D eigenvalue weighted by atomic mass is 9.84. The molecule has 3 atom stereocenters. The van der Waals surface area contributed by atoms with E-state index in [-0.39, 0.29) is 23.9 Å². The molecule has 2 fully saturated rings. The first-order valence-electron chi connectivity index (χ1n) is 5.80. The van der Waals surface area contributed by atoms with E-state index in [1.54, 1.807) is 18.2 Å². The van der Waals surface area contributed by atoms with Crippen LogP contribution >= 0.6 is 23.2 Å². The summed E-state index contributed by atoms with van der Waals surface area (Å²) in [6, 6.07) is 5.06. The second kappa shape index (κ2) is 4.27. The summed E-state index contributed by atoms with van der Waals surface area (Å²) < 4.78 is 5.70. The first-order valence-corrected chi connectivity index (χ1v) is 6.55. The smallest absolute Gasteiger partial charge is 0.168 e. The second-order valence-electron chi connectivity index (χ2n) is 4.71. The summed E-state index contributed by atoms with van der Waals surface area (Å²) in [7, 11) is 0. The van der Waals surface area contributed by atoms with Crippen molar-refractivity contribution >= 4 is 29.0 Å². The molecule has 90 valence electrons. The molecule has 3 unspecified atom stereocenters. The number of fused-ring (bicyclic) bond motifs is 2. The maximum atomic E-state index is 12.3.